The first-order chi connectivity index (χ1) is 12.6. The highest BCUT2D eigenvalue weighted by atomic mass is 19.1. The molecule has 0 aliphatic carbocycles. The summed E-state index contributed by atoms with van der Waals surface area (Å²) in [7, 11) is 1.76. The molecule has 0 aliphatic heterocycles. The van der Waals surface area contributed by atoms with Gasteiger partial charge in [-0.25, -0.2) is 4.39 Å². The highest BCUT2D eigenvalue weighted by Gasteiger charge is 2.17. The van der Waals surface area contributed by atoms with Gasteiger partial charge in [-0.1, -0.05) is 45.0 Å². The third kappa shape index (κ3) is 6.68. The summed E-state index contributed by atoms with van der Waals surface area (Å²) in [5.74, 6) is -0.428. The second-order valence-corrected chi connectivity index (χ2v) is 7.85. The molecule has 0 radical (unpaired) electrons. The Kier molecular flexibility index (Phi) is 6.97. The smallest absolute Gasteiger partial charge is 0.317 e. The molecule has 0 aromatic heterocycles. The van der Waals surface area contributed by atoms with E-state index in [4.69, 9.17) is 9.84 Å². The maximum Gasteiger partial charge on any atom is 0.317 e. The molecule has 0 aliphatic rings. The Morgan fingerprint density at radius 1 is 1.11 bits per heavy atom. The zero-order chi connectivity index (χ0) is 20.0. The second-order valence-electron chi connectivity index (χ2n) is 7.85. The number of carboxylic acid groups (broad SMARTS) is 1. The summed E-state index contributed by atoms with van der Waals surface area (Å²) in [6.07, 6.45) is 0.304. The summed E-state index contributed by atoms with van der Waals surface area (Å²) in [5.41, 5.74) is 2.14. The Balaban J connectivity index is 2.14. The molecule has 0 bridgehead atoms. The van der Waals surface area contributed by atoms with Gasteiger partial charge >= 0.3 is 5.97 Å². The monoisotopic (exact) mass is 373 g/mol. The fourth-order valence-electron chi connectivity index (χ4n) is 2.82. The zero-order valence-corrected chi connectivity index (χ0v) is 16.4. The highest BCUT2D eigenvalue weighted by molar-refractivity contribution is 5.68. The molecule has 1 atom stereocenters. The molecular formula is C22H28FNO3. The number of ether oxygens (including phenoxy) is 1. The van der Waals surface area contributed by atoms with Gasteiger partial charge < -0.3 is 9.84 Å². The van der Waals surface area contributed by atoms with E-state index in [1.165, 1.54) is 17.7 Å². The van der Waals surface area contributed by atoms with Gasteiger partial charge in [-0.15, -0.1) is 0 Å². The van der Waals surface area contributed by atoms with E-state index in [2.05, 4.69) is 20.8 Å². The molecule has 2 aromatic rings. The average Bonchev–Trinajstić information content (AvgIpc) is 2.58. The van der Waals surface area contributed by atoms with Gasteiger partial charge in [0.15, 0.2) is 0 Å². The van der Waals surface area contributed by atoms with Gasteiger partial charge in [0.25, 0.3) is 0 Å². The van der Waals surface area contributed by atoms with Crippen LogP contribution in [0.4, 0.5) is 4.39 Å². The van der Waals surface area contributed by atoms with Crippen molar-refractivity contribution in [3.05, 3.63) is 65.5 Å². The Bertz CT molecular complexity index is 736. The number of hydrogen-bond donors (Lipinski definition) is 1. The average molecular weight is 373 g/mol. The molecule has 2 aromatic carbocycles. The number of aliphatic carboxylic acids is 1. The minimum Gasteiger partial charge on any atom is -0.486 e. The van der Waals surface area contributed by atoms with Crippen LogP contribution in [0.25, 0.3) is 0 Å². The summed E-state index contributed by atoms with van der Waals surface area (Å²) >= 11 is 0. The first-order valence-electron chi connectivity index (χ1n) is 9.08. The summed E-state index contributed by atoms with van der Waals surface area (Å²) in [6.45, 7) is 6.98. The number of hydrogen-bond acceptors (Lipinski definition) is 3. The first-order valence-corrected chi connectivity index (χ1v) is 9.08. The molecule has 0 amide bonds. The van der Waals surface area contributed by atoms with Crippen LogP contribution in [0, 0.1) is 5.82 Å². The molecule has 1 N–H and O–H groups in total. The molecule has 2 rings (SSSR count). The van der Waals surface area contributed by atoms with E-state index in [0.29, 0.717) is 13.0 Å². The van der Waals surface area contributed by atoms with Crippen LogP contribution in [0.2, 0.25) is 0 Å². The van der Waals surface area contributed by atoms with Crippen LogP contribution in [-0.2, 0) is 10.2 Å². The van der Waals surface area contributed by atoms with Crippen LogP contribution in [0.5, 0.6) is 5.75 Å². The lowest BCUT2D eigenvalue weighted by molar-refractivity contribution is -0.138. The van der Waals surface area contributed by atoms with E-state index in [-0.39, 0.29) is 23.9 Å². The van der Waals surface area contributed by atoms with E-state index >= 15 is 0 Å². The largest absolute Gasteiger partial charge is 0.486 e. The number of rotatable bonds is 8. The topological polar surface area (TPSA) is 49.8 Å². The van der Waals surface area contributed by atoms with Crippen molar-refractivity contribution >= 4 is 5.97 Å². The van der Waals surface area contributed by atoms with Gasteiger partial charge in [-0.3, -0.25) is 9.69 Å². The quantitative estimate of drug-likeness (QED) is 0.732. The van der Waals surface area contributed by atoms with Crippen LogP contribution in [-0.4, -0.2) is 36.1 Å². The Hall–Kier alpha value is -2.40. The maximum absolute atomic E-state index is 13.3. The number of benzene rings is 2. The lowest BCUT2D eigenvalue weighted by Crippen LogP contribution is -2.28. The minimum absolute atomic E-state index is 0.0313. The summed E-state index contributed by atoms with van der Waals surface area (Å²) in [4.78, 5) is 12.6. The predicted molar refractivity (Wildman–Crippen MR) is 105 cm³/mol. The lowest BCUT2D eigenvalue weighted by atomic mass is 9.87. The predicted octanol–water partition coefficient (Wildman–Crippen LogP) is 4.65. The van der Waals surface area contributed by atoms with Crippen molar-refractivity contribution in [2.24, 2.45) is 0 Å². The standard InChI is InChI=1S/C22H28FNO3/c1-22(2,3)17-7-11-19(12-8-17)27-20(13-14-24(4)15-21(25)26)16-5-9-18(23)10-6-16/h5-12,20H,13-15H2,1-4H3,(H,25,26). The summed E-state index contributed by atoms with van der Waals surface area (Å²) < 4.78 is 19.4. The first kappa shape index (κ1) is 20.9. The fourth-order valence-corrected chi connectivity index (χ4v) is 2.82. The molecule has 5 heteroatoms. The number of likely N-dealkylation sites (N-methyl/N-ethyl adjacent to an activating group) is 1. The summed E-state index contributed by atoms with van der Waals surface area (Å²) in [6, 6.07) is 14.2. The van der Waals surface area contributed by atoms with Crippen LogP contribution >= 0.6 is 0 Å². The SMILES string of the molecule is CN(CCC(Oc1ccc(C(C)(C)C)cc1)c1ccc(F)cc1)CC(=O)O. The fraction of sp³-hybridized carbons (Fsp3) is 0.409. The molecule has 0 saturated carbocycles. The van der Waals surface area contributed by atoms with E-state index in [1.54, 1.807) is 24.1 Å². The van der Waals surface area contributed by atoms with Crippen molar-refractivity contribution in [3.8, 4) is 5.75 Å². The van der Waals surface area contributed by atoms with Crippen molar-refractivity contribution in [2.75, 3.05) is 20.1 Å². The number of halogens is 1. The molecule has 1 unspecified atom stereocenters. The van der Waals surface area contributed by atoms with Crippen molar-refractivity contribution < 1.29 is 19.0 Å². The van der Waals surface area contributed by atoms with Crippen molar-refractivity contribution in [3.63, 3.8) is 0 Å². The molecule has 27 heavy (non-hydrogen) atoms. The minimum atomic E-state index is -0.866. The second kappa shape index (κ2) is 9.00. The molecule has 0 spiro atoms. The molecular weight excluding hydrogens is 345 g/mol. The maximum atomic E-state index is 13.3. The molecule has 4 nitrogen and oxygen atoms in total. The van der Waals surface area contributed by atoms with Crippen LogP contribution in [0.3, 0.4) is 0 Å². The third-order valence-electron chi connectivity index (χ3n) is 4.42. The van der Waals surface area contributed by atoms with Crippen LogP contribution in [0.1, 0.15) is 44.4 Å². The molecule has 146 valence electrons. The normalized spacial score (nSPS) is 12.8. The molecule has 0 fully saturated rings. The van der Waals surface area contributed by atoms with Crippen LogP contribution < -0.4 is 4.74 Å². The van der Waals surface area contributed by atoms with Crippen molar-refractivity contribution in [1.29, 1.82) is 0 Å². The van der Waals surface area contributed by atoms with Gasteiger partial charge in [-0.2, -0.15) is 0 Å². The van der Waals surface area contributed by atoms with E-state index in [0.717, 1.165) is 11.3 Å². The van der Waals surface area contributed by atoms with Crippen molar-refractivity contribution in [1.82, 2.24) is 4.90 Å². The van der Waals surface area contributed by atoms with Gasteiger partial charge in [0.2, 0.25) is 0 Å². The van der Waals surface area contributed by atoms with Gasteiger partial charge in [0.1, 0.15) is 17.7 Å². The lowest BCUT2D eigenvalue weighted by Gasteiger charge is -2.24. The zero-order valence-electron chi connectivity index (χ0n) is 16.4. The molecule has 0 heterocycles. The number of carbonyl (C=O) groups is 1. The van der Waals surface area contributed by atoms with Gasteiger partial charge in [0, 0.05) is 13.0 Å². The molecule has 0 saturated heterocycles. The Labute approximate surface area is 160 Å². The Morgan fingerprint density at radius 3 is 2.22 bits per heavy atom. The van der Waals surface area contributed by atoms with Crippen molar-refractivity contribution in [2.45, 2.75) is 38.7 Å². The van der Waals surface area contributed by atoms with E-state index < -0.39 is 5.97 Å². The van der Waals surface area contributed by atoms with Gasteiger partial charge in [0.05, 0.1) is 6.54 Å². The highest BCUT2D eigenvalue weighted by Crippen LogP contribution is 2.28. The van der Waals surface area contributed by atoms with E-state index in [1.807, 2.05) is 24.3 Å². The van der Waals surface area contributed by atoms with Gasteiger partial charge in [-0.05, 0) is 47.9 Å². The van der Waals surface area contributed by atoms with E-state index in [9.17, 15) is 9.18 Å². The Morgan fingerprint density at radius 2 is 1.70 bits per heavy atom. The third-order valence-corrected chi connectivity index (χ3v) is 4.42. The number of nitrogens with zero attached hydrogens (tertiary/aromatic N) is 1. The van der Waals surface area contributed by atoms with Crippen LogP contribution in [0.15, 0.2) is 48.5 Å². The number of carboxylic acids is 1. The summed E-state index contributed by atoms with van der Waals surface area (Å²) in [5, 5.41) is 8.91.